The van der Waals surface area contributed by atoms with E-state index in [0.29, 0.717) is 11.3 Å². The quantitative estimate of drug-likeness (QED) is 0.570. The molecule has 0 unspecified atom stereocenters. The van der Waals surface area contributed by atoms with Crippen LogP contribution < -0.4 is 10.6 Å². The van der Waals surface area contributed by atoms with Gasteiger partial charge in [-0.25, -0.2) is 13.2 Å². The second-order valence-corrected chi connectivity index (χ2v) is 11.5. The largest absolute Gasteiger partial charge is 0.325 e. The first-order valence-electron chi connectivity index (χ1n) is 11.6. The van der Waals surface area contributed by atoms with Gasteiger partial charge >= 0.3 is 6.03 Å². The zero-order valence-electron chi connectivity index (χ0n) is 20.3. The zero-order chi connectivity index (χ0) is 25.5. The van der Waals surface area contributed by atoms with Crippen LogP contribution in [0.15, 0.2) is 47.4 Å². The highest BCUT2D eigenvalue weighted by molar-refractivity contribution is 7.89. The number of nitrogens with one attached hydrogen (secondary N) is 2. The number of benzene rings is 2. The standard InChI is InChI=1S/C25H30N4O5S/c1-16(2)28(4)35(33,34)21-12-10-20(11-13-21)26-22(30)15-29-23(31)25(3,27-24(29)32)19-9-8-17-6-5-7-18(17)14-19/h8-14,16H,5-7,15H2,1-4H3,(H,26,30)(H,27,32)/t25-/m0/s1. The average molecular weight is 499 g/mol. The van der Waals surface area contributed by atoms with Crippen molar-refractivity contribution in [1.29, 1.82) is 0 Å². The van der Waals surface area contributed by atoms with Crippen molar-refractivity contribution in [3.05, 3.63) is 59.2 Å². The molecule has 1 saturated heterocycles. The number of imide groups is 1. The van der Waals surface area contributed by atoms with E-state index in [1.165, 1.54) is 46.7 Å². The van der Waals surface area contributed by atoms with Crippen molar-refractivity contribution in [3.8, 4) is 0 Å². The van der Waals surface area contributed by atoms with Crippen LogP contribution in [0.2, 0.25) is 0 Å². The molecule has 186 valence electrons. The Balaban J connectivity index is 1.44. The highest BCUT2D eigenvalue weighted by atomic mass is 32.2. The first-order chi connectivity index (χ1) is 16.4. The summed E-state index contributed by atoms with van der Waals surface area (Å²) >= 11 is 0. The highest BCUT2D eigenvalue weighted by Gasteiger charge is 2.49. The van der Waals surface area contributed by atoms with Gasteiger partial charge in [-0.2, -0.15) is 4.31 Å². The fourth-order valence-electron chi connectivity index (χ4n) is 4.42. The number of amides is 4. The van der Waals surface area contributed by atoms with Gasteiger partial charge in [0.2, 0.25) is 15.9 Å². The van der Waals surface area contributed by atoms with Crippen LogP contribution in [0.1, 0.15) is 43.9 Å². The predicted molar refractivity (Wildman–Crippen MR) is 131 cm³/mol. The molecule has 2 N–H and O–H groups in total. The van der Waals surface area contributed by atoms with Crippen molar-refractivity contribution >= 4 is 33.6 Å². The van der Waals surface area contributed by atoms with Crippen molar-refractivity contribution in [3.63, 3.8) is 0 Å². The van der Waals surface area contributed by atoms with Gasteiger partial charge in [0.15, 0.2) is 0 Å². The third kappa shape index (κ3) is 4.55. The molecule has 1 aliphatic heterocycles. The molecule has 1 fully saturated rings. The maximum Gasteiger partial charge on any atom is 0.325 e. The molecule has 2 aliphatic rings. The number of sulfonamides is 1. The van der Waals surface area contributed by atoms with E-state index in [1.54, 1.807) is 20.8 Å². The second-order valence-electron chi connectivity index (χ2n) is 9.47. The van der Waals surface area contributed by atoms with Gasteiger partial charge in [-0.3, -0.25) is 14.5 Å². The molecular weight excluding hydrogens is 468 g/mol. The summed E-state index contributed by atoms with van der Waals surface area (Å²) in [6.07, 6.45) is 3.03. The molecule has 2 aromatic carbocycles. The Labute approximate surface area is 205 Å². The maximum atomic E-state index is 13.2. The van der Waals surface area contributed by atoms with Gasteiger partial charge in [-0.1, -0.05) is 18.2 Å². The molecule has 0 saturated carbocycles. The van der Waals surface area contributed by atoms with E-state index >= 15 is 0 Å². The lowest BCUT2D eigenvalue weighted by Gasteiger charge is -2.23. The molecule has 0 bridgehead atoms. The summed E-state index contributed by atoms with van der Waals surface area (Å²) in [5, 5.41) is 5.36. The second kappa shape index (κ2) is 9.09. The molecule has 35 heavy (non-hydrogen) atoms. The first-order valence-corrected chi connectivity index (χ1v) is 13.0. The molecule has 0 radical (unpaired) electrons. The molecule has 4 amide bonds. The third-order valence-electron chi connectivity index (χ3n) is 6.79. The summed E-state index contributed by atoms with van der Waals surface area (Å²) < 4.78 is 26.5. The molecule has 9 nitrogen and oxygen atoms in total. The molecule has 1 aliphatic carbocycles. The molecule has 4 rings (SSSR count). The van der Waals surface area contributed by atoms with Gasteiger partial charge in [-0.05, 0) is 81.0 Å². The van der Waals surface area contributed by atoms with Crippen LogP contribution in [-0.4, -0.2) is 55.1 Å². The van der Waals surface area contributed by atoms with Gasteiger partial charge in [0, 0.05) is 18.8 Å². The third-order valence-corrected chi connectivity index (χ3v) is 8.84. The summed E-state index contributed by atoms with van der Waals surface area (Å²) in [5.41, 5.74) is 2.26. The van der Waals surface area contributed by atoms with E-state index in [4.69, 9.17) is 0 Å². The summed E-state index contributed by atoms with van der Waals surface area (Å²) in [6.45, 7) is 4.74. The molecule has 2 aromatic rings. The lowest BCUT2D eigenvalue weighted by atomic mass is 9.89. The number of rotatable bonds is 7. The lowest BCUT2D eigenvalue weighted by Crippen LogP contribution is -2.42. The molecule has 10 heteroatoms. The topological polar surface area (TPSA) is 116 Å². The van der Waals surface area contributed by atoms with Gasteiger partial charge in [0.1, 0.15) is 12.1 Å². The van der Waals surface area contributed by atoms with Crippen LogP contribution in [0.25, 0.3) is 0 Å². The van der Waals surface area contributed by atoms with Crippen LogP contribution in [0.5, 0.6) is 0 Å². The van der Waals surface area contributed by atoms with Crippen molar-refractivity contribution < 1.29 is 22.8 Å². The minimum absolute atomic E-state index is 0.103. The predicted octanol–water partition coefficient (Wildman–Crippen LogP) is 2.61. The number of urea groups is 1. The Kier molecular flexibility index (Phi) is 6.46. The number of fused-ring (bicyclic) bond motifs is 1. The minimum atomic E-state index is -3.65. The monoisotopic (exact) mass is 498 g/mol. The SMILES string of the molecule is CC(C)N(C)S(=O)(=O)c1ccc(NC(=O)CN2C(=O)N[C@@](C)(c3ccc4c(c3)CCC4)C2=O)cc1. The summed E-state index contributed by atoms with van der Waals surface area (Å²) in [7, 11) is -2.14. The Bertz CT molecular complexity index is 1290. The minimum Gasteiger partial charge on any atom is -0.325 e. The lowest BCUT2D eigenvalue weighted by molar-refractivity contribution is -0.133. The first kappa shape index (κ1) is 24.9. The molecule has 1 atom stereocenters. The Morgan fingerprint density at radius 2 is 1.77 bits per heavy atom. The van der Waals surface area contributed by atoms with Crippen molar-refractivity contribution in [2.24, 2.45) is 0 Å². The highest BCUT2D eigenvalue weighted by Crippen LogP contribution is 2.32. The van der Waals surface area contributed by atoms with E-state index in [9.17, 15) is 22.8 Å². The van der Waals surface area contributed by atoms with E-state index in [0.717, 1.165) is 24.2 Å². The maximum absolute atomic E-state index is 13.2. The Hall–Kier alpha value is -3.24. The number of hydrogen-bond acceptors (Lipinski definition) is 5. The van der Waals surface area contributed by atoms with Gasteiger partial charge in [0.05, 0.1) is 4.90 Å². The molecule has 1 heterocycles. The number of nitrogens with zero attached hydrogens (tertiary/aromatic N) is 2. The number of carbonyl (C=O) groups is 3. The summed E-state index contributed by atoms with van der Waals surface area (Å²) in [4.78, 5) is 39.4. The molecular formula is C25H30N4O5S. The van der Waals surface area contributed by atoms with Crippen LogP contribution in [-0.2, 0) is 38.0 Å². The van der Waals surface area contributed by atoms with Crippen LogP contribution in [0.3, 0.4) is 0 Å². The number of anilines is 1. The Morgan fingerprint density at radius 3 is 2.43 bits per heavy atom. The van der Waals surface area contributed by atoms with Gasteiger partial charge in [0.25, 0.3) is 5.91 Å². The Morgan fingerprint density at radius 1 is 1.11 bits per heavy atom. The fraction of sp³-hybridized carbons (Fsp3) is 0.400. The van der Waals surface area contributed by atoms with Gasteiger partial charge in [-0.15, -0.1) is 0 Å². The van der Waals surface area contributed by atoms with E-state index in [1.807, 2.05) is 18.2 Å². The smallest absolute Gasteiger partial charge is 0.325 e. The van der Waals surface area contributed by atoms with Crippen molar-refractivity contribution in [2.75, 3.05) is 18.9 Å². The zero-order valence-corrected chi connectivity index (χ0v) is 21.1. The van der Waals surface area contributed by atoms with Crippen LogP contribution in [0, 0.1) is 0 Å². The molecule has 0 spiro atoms. The van der Waals surface area contributed by atoms with Crippen molar-refractivity contribution in [2.45, 2.75) is 56.5 Å². The van der Waals surface area contributed by atoms with E-state index < -0.39 is 40.0 Å². The van der Waals surface area contributed by atoms with Crippen LogP contribution in [0.4, 0.5) is 10.5 Å². The van der Waals surface area contributed by atoms with Gasteiger partial charge < -0.3 is 10.6 Å². The van der Waals surface area contributed by atoms with E-state index in [2.05, 4.69) is 10.6 Å². The van der Waals surface area contributed by atoms with Crippen molar-refractivity contribution in [1.82, 2.24) is 14.5 Å². The number of carbonyl (C=O) groups excluding carboxylic acids is 3. The normalized spacial score (nSPS) is 19.9. The van der Waals surface area contributed by atoms with E-state index in [-0.39, 0.29) is 10.9 Å². The summed E-state index contributed by atoms with van der Waals surface area (Å²) in [5.74, 6) is -1.06. The van der Waals surface area contributed by atoms with Crippen LogP contribution >= 0.6 is 0 Å². The fourth-order valence-corrected chi connectivity index (χ4v) is 5.78. The number of aryl methyl sites for hydroxylation is 2. The molecule has 0 aromatic heterocycles. The average Bonchev–Trinajstić information content (AvgIpc) is 3.37. The number of hydrogen-bond donors (Lipinski definition) is 2. The summed E-state index contributed by atoms with van der Waals surface area (Å²) in [6, 6.07) is 10.7.